The van der Waals surface area contributed by atoms with Crippen molar-refractivity contribution in [1.82, 2.24) is 0 Å². The van der Waals surface area contributed by atoms with E-state index < -0.39 is 5.92 Å². The molecule has 80 heavy (non-hydrogen) atoms. The van der Waals surface area contributed by atoms with Gasteiger partial charge in [-0.3, -0.25) is 0 Å². The lowest BCUT2D eigenvalue weighted by molar-refractivity contribution is 1.25. The van der Waals surface area contributed by atoms with Crippen LogP contribution in [0.15, 0.2) is 0 Å². The molecule has 1 aliphatic carbocycles. The van der Waals surface area contributed by atoms with E-state index in [1.807, 2.05) is 0 Å². The van der Waals surface area contributed by atoms with E-state index in [1.165, 1.54) is 0 Å². The highest BCUT2D eigenvalue weighted by Crippen LogP contribution is 2.43. The van der Waals surface area contributed by atoms with Crippen molar-refractivity contribution in [3.8, 4) is 33.4 Å². The largest absolute Gasteiger partial charge is 0.115 e. The fraction of sp³-hybridized carbons (Fsp3) is 0.0204. The average molecular weight is 925 g/mol. The molecular formula is C49HB31. The minimum absolute atomic E-state index is 0.000359. The van der Waals surface area contributed by atoms with Gasteiger partial charge in [-0.25, -0.2) is 0 Å². The fourth-order valence-electron chi connectivity index (χ4n) is 11.7. The van der Waals surface area contributed by atoms with E-state index in [0.717, 1.165) is 0 Å². The first-order chi connectivity index (χ1) is 37.2. The minimum Gasteiger partial charge on any atom is -0.112 e. The molecule has 0 aliphatic heterocycles. The van der Waals surface area contributed by atoms with Crippen LogP contribution in [-0.4, -0.2) is 243 Å². The lowest BCUT2D eigenvalue weighted by atomic mass is 9.55. The molecule has 0 N–H and O–H groups in total. The molecule has 10 rings (SSSR count). The normalized spacial score (nSPS) is 13.4. The summed E-state index contributed by atoms with van der Waals surface area (Å²) in [6, 6.07) is 0. The molecule has 0 fully saturated rings. The maximum Gasteiger partial charge on any atom is 0.115 e. The van der Waals surface area contributed by atoms with Gasteiger partial charge in [-0.2, -0.15) is 0 Å². The van der Waals surface area contributed by atoms with Gasteiger partial charge in [-0.1, -0.05) is 98.3 Å². The van der Waals surface area contributed by atoms with E-state index in [-0.39, 0.29) is 262 Å². The summed E-state index contributed by atoms with van der Waals surface area (Å²) in [6.45, 7) is 0. The Balaban J connectivity index is 1.41. The third kappa shape index (κ3) is 7.53. The van der Waals surface area contributed by atoms with Gasteiger partial charge in [0.05, 0.1) is 0 Å². The molecular weight excluding hydrogens is 924 g/mol. The van der Waals surface area contributed by atoms with Crippen LogP contribution >= 0.6 is 0 Å². The third-order valence-electron chi connectivity index (χ3n) is 15.9. The lowest BCUT2D eigenvalue weighted by Gasteiger charge is -2.34. The van der Waals surface area contributed by atoms with Crippen molar-refractivity contribution in [2.75, 3.05) is 0 Å². The zero-order valence-corrected chi connectivity index (χ0v) is 42.5. The van der Waals surface area contributed by atoms with Gasteiger partial charge in [0.2, 0.25) is 0 Å². The van der Waals surface area contributed by atoms with E-state index in [0.29, 0.717) is 0 Å². The standard InChI is InChI=1S/C49HB31/c50-19-9(7-8(28(59)44(75)43(74)27(7)58)10-13(19)36(67)46(77)45(76)29(10)60)14-32(63)30(61)12(31(62)33(14)64)2-5-3(23(54)39(70)41(72)25(5)56)1(4-6(2)26(57)42(73)40(71)24(4)55)11-20(51)15-16(21(11)52)34(65)35(66)17(22(15)53)18-37(68)47(78)49(80)48(79)38(18)69/h11H. The van der Waals surface area contributed by atoms with Crippen molar-refractivity contribution in [1.29, 1.82) is 0 Å². The van der Waals surface area contributed by atoms with E-state index in [2.05, 4.69) is 0 Å². The predicted molar refractivity (Wildman–Crippen MR) is 376 cm³/mol. The van der Waals surface area contributed by atoms with Gasteiger partial charge in [0, 0.05) is 5.92 Å². The lowest BCUT2D eigenvalue weighted by Crippen LogP contribution is -2.60. The van der Waals surface area contributed by atoms with Crippen LogP contribution in [0.3, 0.4) is 0 Å². The van der Waals surface area contributed by atoms with Crippen molar-refractivity contribution < 1.29 is 0 Å². The highest BCUT2D eigenvalue weighted by molar-refractivity contribution is 6.77. The van der Waals surface area contributed by atoms with Gasteiger partial charge >= 0.3 is 0 Å². The molecule has 0 amide bonds. The van der Waals surface area contributed by atoms with Crippen LogP contribution in [0.4, 0.5) is 0 Å². The van der Waals surface area contributed by atoms with Crippen molar-refractivity contribution in [2.45, 2.75) is 5.92 Å². The van der Waals surface area contributed by atoms with Gasteiger partial charge < -0.3 is 0 Å². The van der Waals surface area contributed by atoms with Gasteiger partial charge in [0.15, 0.2) is 0 Å². The highest BCUT2D eigenvalue weighted by atomic mass is 14.3. The topological polar surface area (TPSA) is 0 Å². The van der Waals surface area contributed by atoms with E-state index in [9.17, 15) is 0 Å². The molecule has 0 nitrogen and oxygen atoms in total. The van der Waals surface area contributed by atoms with Crippen LogP contribution in [0.25, 0.3) is 87.4 Å². The van der Waals surface area contributed by atoms with E-state index in [1.54, 1.807) is 0 Å². The van der Waals surface area contributed by atoms with Crippen LogP contribution in [-0.2, 0) is 0 Å². The Hall–Kier alpha value is -4.23. The molecule has 0 bridgehead atoms. The summed E-state index contributed by atoms with van der Waals surface area (Å²) in [5, 5.41) is 0.428. The molecule has 1 atom stereocenters. The van der Waals surface area contributed by atoms with Gasteiger partial charge in [0.25, 0.3) is 0 Å². The van der Waals surface area contributed by atoms with Crippen LogP contribution in [0.2, 0.25) is 0 Å². The Morgan fingerprint density at radius 1 is 0.138 bits per heavy atom. The number of hydrogen-bond donors (Lipinski definition) is 0. The highest BCUT2D eigenvalue weighted by Gasteiger charge is 2.34. The molecule has 62 radical (unpaired) electrons. The molecule has 0 aromatic heterocycles. The predicted octanol–water partition coefficient (Wildman–Crippen LogP) is -24.3. The number of hydrogen-bond acceptors (Lipinski definition) is 0. The zero-order chi connectivity index (χ0) is 59.3. The molecule has 0 spiro atoms. The number of benzene rings is 9. The van der Waals surface area contributed by atoms with Gasteiger partial charge in [0.1, 0.15) is 243 Å². The SMILES string of the molecule is [B]C1=c2c([B])c([B])c(-c3c([B])c([B])c([B])c([B])c3[B])c([B])c2=C([B])C1c1c2c([B])c([B])c([B])c([B])c2c(-c2c([B])c([B])c(-c3c([B])c4c([B])c([B])c([B])c([B])c4c4c([B])c([B])c([B])c([B])c34)c([B])c2[B])c2c([B])c([B])c([B])c([B])c12. The second kappa shape index (κ2) is 20.0. The number of fused-ring (bicyclic) bond motifs is 6. The molecule has 0 heterocycles. The molecule has 9 aromatic rings. The minimum atomic E-state index is -1.35. The summed E-state index contributed by atoms with van der Waals surface area (Å²) in [7, 11) is 211. The smallest absolute Gasteiger partial charge is 0.112 e. The van der Waals surface area contributed by atoms with Crippen molar-refractivity contribution in [2.24, 2.45) is 0 Å². The van der Waals surface area contributed by atoms with Crippen molar-refractivity contribution >= 4 is 456 Å². The van der Waals surface area contributed by atoms with Crippen LogP contribution in [0, 0.1) is 0 Å². The molecule has 1 aliphatic rings. The Bertz CT molecular complexity index is 4520. The Morgan fingerprint density at radius 2 is 0.350 bits per heavy atom. The maximum absolute atomic E-state index is 7.31. The van der Waals surface area contributed by atoms with Crippen LogP contribution in [0.1, 0.15) is 11.5 Å². The summed E-state index contributed by atoms with van der Waals surface area (Å²) >= 11 is 0. The maximum atomic E-state index is 7.31. The first kappa shape index (κ1) is 59.0. The summed E-state index contributed by atoms with van der Waals surface area (Å²) in [6.07, 6.45) is 0. The molecule has 31 heteroatoms. The van der Waals surface area contributed by atoms with Gasteiger partial charge in [-0.15, -0.1) is 71.0 Å². The summed E-state index contributed by atoms with van der Waals surface area (Å²) in [4.78, 5) is 0. The number of rotatable bonds is 4. The summed E-state index contributed by atoms with van der Waals surface area (Å²) in [5.41, 5.74) is -5.12. The average Bonchev–Trinajstić information content (AvgIpc) is 3.74. The monoisotopic (exact) mass is 930 g/mol. The van der Waals surface area contributed by atoms with E-state index in [4.69, 9.17) is 243 Å². The van der Waals surface area contributed by atoms with Gasteiger partial charge in [-0.05, 0) is 92.5 Å². The van der Waals surface area contributed by atoms with Crippen LogP contribution < -0.4 is 169 Å². The van der Waals surface area contributed by atoms with Crippen molar-refractivity contribution in [3.63, 3.8) is 0 Å². The third-order valence-corrected chi connectivity index (χ3v) is 15.9. The fourth-order valence-corrected chi connectivity index (χ4v) is 11.7. The quantitative estimate of drug-likeness (QED) is 0.0937. The Morgan fingerprint density at radius 3 is 0.725 bits per heavy atom. The molecule has 290 valence electrons. The second-order valence-corrected chi connectivity index (χ2v) is 19.8. The van der Waals surface area contributed by atoms with E-state index >= 15 is 0 Å². The second-order valence-electron chi connectivity index (χ2n) is 19.8. The Kier molecular flexibility index (Phi) is 14.7. The molecule has 1 unspecified atom stereocenters. The first-order valence-corrected chi connectivity index (χ1v) is 23.6. The zero-order valence-electron chi connectivity index (χ0n) is 42.5. The Labute approximate surface area is 507 Å². The summed E-state index contributed by atoms with van der Waals surface area (Å²) in [5.74, 6) is -1.35. The molecule has 9 aromatic carbocycles. The van der Waals surface area contributed by atoms with Crippen LogP contribution in [0.5, 0.6) is 0 Å². The van der Waals surface area contributed by atoms with Crippen molar-refractivity contribution in [3.05, 3.63) is 16.0 Å². The first-order valence-electron chi connectivity index (χ1n) is 23.6. The molecule has 0 saturated carbocycles. The molecule has 0 saturated heterocycles. The summed E-state index contributed by atoms with van der Waals surface area (Å²) < 4.78 is 0.